The van der Waals surface area contributed by atoms with E-state index in [0.29, 0.717) is 18.3 Å². The first-order chi connectivity index (χ1) is 7.00. The van der Waals surface area contributed by atoms with Crippen LogP contribution in [0.3, 0.4) is 0 Å². The highest BCUT2D eigenvalue weighted by atomic mass is 16.3. The maximum Gasteiger partial charge on any atom is 0.154 e. The second-order valence-electron chi connectivity index (χ2n) is 4.75. The quantitative estimate of drug-likeness (QED) is 0.801. The minimum absolute atomic E-state index is 0.427. The fourth-order valence-electron chi connectivity index (χ4n) is 1.46. The monoisotopic (exact) mass is 212 g/mol. The van der Waals surface area contributed by atoms with E-state index in [1.165, 1.54) is 4.68 Å². The van der Waals surface area contributed by atoms with Crippen molar-refractivity contribution in [2.75, 3.05) is 0 Å². The lowest BCUT2D eigenvalue weighted by Crippen LogP contribution is -2.16. The molecule has 1 aromatic heterocycles. The van der Waals surface area contributed by atoms with Gasteiger partial charge in [0.05, 0.1) is 0 Å². The molecule has 0 aliphatic heterocycles. The molecular weight excluding hydrogens is 192 g/mol. The Morgan fingerprint density at radius 1 is 1.20 bits per heavy atom. The zero-order chi connectivity index (χ0) is 11.4. The molecule has 1 rings (SSSR count). The average Bonchev–Trinajstić information content (AvgIpc) is 2.49. The van der Waals surface area contributed by atoms with Crippen molar-refractivity contribution in [3.8, 4) is 0 Å². The number of hydrogen-bond donors (Lipinski definition) is 1. The van der Waals surface area contributed by atoms with Crippen LogP contribution in [-0.2, 0) is 6.42 Å². The molecule has 1 atom stereocenters. The topological polar surface area (TPSA) is 63.8 Å². The number of tetrazole rings is 1. The standard InChI is InChI=1S/C10H20N4O/c1-7(2)5-9-11-12-13-14(9)10(15)6-8(3)4/h7-8,10,15H,5-6H2,1-4H3. The Morgan fingerprint density at radius 2 is 1.87 bits per heavy atom. The molecule has 0 bridgehead atoms. The lowest BCUT2D eigenvalue weighted by atomic mass is 10.1. The summed E-state index contributed by atoms with van der Waals surface area (Å²) in [4.78, 5) is 0. The van der Waals surface area contributed by atoms with Gasteiger partial charge in [0.15, 0.2) is 12.1 Å². The largest absolute Gasteiger partial charge is 0.372 e. The van der Waals surface area contributed by atoms with Crippen LogP contribution < -0.4 is 0 Å². The molecule has 0 saturated heterocycles. The molecule has 5 nitrogen and oxygen atoms in total. The van der Waals surface area contributed by atoms with E-state index in [1.54, 1.807) is 0 Å². The van der Waals surface area contributed by atoms with Crippen LogP contribution in [0.5, 0.6) is 0 Å². The Hall–Kier alpha value is -0.970. The molecule has 1 N–H and O–H groups in total. The van der Waals surface area contributed by atoms with Crippen LogP contribution in [0.15, 0.2) is 0 Å². The third-order valence-electron chi connectivity index (χ3n) is 2.12. The number of aliphatic hydroxyl groups is 1. The second-order valence-corrected chi connectivity index (χ2v) is 4.75. The van der Waals surface area contributed by atoms with E-state index in [4.69, 9.17) is 0 Å². The van der Waals surface area contributed by atoms with Crippen molar-refractivity contribution in [2.45, 2.75) is 46.8 Å². The van der Waals surface area contributed by atoms with Gasteiger partial charge in [0, 0.05) is 6.42 Å². The zero-order valence-electron chi connectivity index (χ0n) is 9.88. The Kier molecular flexibility index (Phi) is 4.20. The van der Waals surface area contributed by atoms with Gasteiger partial charge in [0.2, 0.25) is 0 Å². The van der Waals surface area contributed by atoms with E-state index < -0.39 is 6.23 Å². The van der Waals surface area contributed by atoms with Crippen LogP contribution in [0.25, 0.3) is 0 Å². The van der Waals surface area contributed by atoms with Gasteiger partial charge in [0.25, 0.3) is 0 Å². The van der Waals surface area contributed by atoms with Crippen molar-refractivity contribution in [3.05, 3.63) is 5.82 Å². The number of aromatic nitrogens is 4. The Morgan fingerprint density at radius 3 is 2.40 bits per heavy atom. The molecule has 0 radical (unpaired) electrons. The molecule has 1 aromatic rings. The van der Waals surface area contributed by atoms with E-state index in [9.17, 15) is 5.11 Å². The SMILES string of the molecule is CC(C)Cc1nnnn1C(O)CC(C)C. The van der Waals surface area contributed by atoms with Crippen molar-refractivity contribution < 1.29 is 5.11 Å². The van der Waals surface area contributed by atoms with Gasteiger partial charge in [-0.15, -0.1) is 5.10 Å². The molecule has 15 heavy (non-hydrogen) atoms. The fraction of sp³-hybridized carbons (Fsp3) is 0.900. The Labute approximate surface area is 90.5 Å². The van der Waals surface area contributed by atoms with Crippen molar-refractivity contribution >= 4 is 0 Å². The first-order valence-electron chi connectivity index (χ1n) is 5.45. The third kappa shape index (κ3) is 3.58. The lowest BCUT2D eigenvalue weighted by Gasteiger charge is -2.14. The molecule has 0 saturated carbocycles. The van der Waals surface area contributed by atoms with Gasteiger partial charge in [-0.3, -0.25) is 0 Å². The predicted molar refractivity (Wildman–Crippen MR) is 57.1 cm³/mol. The second kappa shape index (κ2) is 5.21. The Balaban J connectivity index is 2.71. The van der Waals surface area contributed by atoms with Gasteiger partial charge in [-0.1, -0.05) is 27.7 Å². The van der Waals surface area contributed by atoms with Crippen LogP contribution in [0.4, 0.5) is 0 Å². The van der Waals surface area contributed by atoms with E-state index >= 15 is 0 Å². The van der Waals surface area contributed by atoms with E-state index in [-0.39, 0.29) is 0 Å². The van der Waals surface area contributed by atoms with Crippen molar-refractivity contribution in [2.24, 2.45) is 11.8 Å². The van der Waals surface area contributed by atoms with E-state index in [0.717, 1.165) is 12.2 Å². The summed E-state index contributed by atoms with van der Waals surface area (Å²) in [5.41, 5.74) is 0. The smallest absolute Gasteiger partial charge is 0.154 e. The van der Waals surface area contributed by atoms with Crippen LogP contribution in [0.1, 0.15) is 46.2 Å². The van der Waals surface area contributed by atoms with Gasteiger partial charge in [-0.25, -0.2) is 4.68 Å². The summed E-state index contributed by atoms with van der Waals surface area (Å²) in [6.45, 7) is 8.34. The number of hydrogen-bond acceptors (Lipinski definition) is 4. The van der Waals surface area contributed by atoms with Gasteiger partial charge >= 0.3 is 0 Å². The molecule has 86 valence electrons. The molecule has 0 spiro atoms. The summed E-state index contributed by atoms with van der Waals surface area (Å²) < 4.78 is 1.53. The third-order valence-corrected chi connectivity index (χ3v) is 2.12. The molecule has 0 amide bonds. The van der Waals surface area contributed by atoms with Crippen LogP contribution in [-0.4, -0.2) is 25.3 Å². The fourth-order valence-corrected chi connectivity index (χ4v) is 1.46. The first-order valence-corrected chi connectivity index (χ1v) is 5.45. The summed E-state index contributed by atoms with van der Waals surface area (Å²) >= 11 is 0. The summed E-state index contributed by atoms with van der Waals surface area (Å²) in [5.74, 6) is 1.68. The Bertz CT molecular complexity index is 295. The van der Waals surface area contributed by atoms with E-state index in [2.05, 4.69) is 43.2 Å². The minimum atomic E-state index is -0.603. The highest BCUT2D eigenvalue weighted by Crippen LogP contribution is 2.15. The highest BCUT2D eigenvalue weighted by molar-refractivity contribution is 4.83. The van der Waals surface area contributed by atoms with Gasteiger partial charge in [0.1, 0.15) is 0 Å². The van der Waals surface area contributed by atoms with Crippen LogP contribution >= 0.6 is 0 Å². The molecule has 0 fully saturated rings. The van der Waals surface area contributed by atoms with Gasteiger partial charge in [-0.05, 0) is 28.7 Å². The van der Waals surface area contributed by atoms with Crippen molar-refractivity contribution in [3.63, 3.8) is 0 Å². The van der Waals surface area contributed by atoms with Crippen LogP contribution in [0, 0.1) is 11.8 Å². The molecule has 1 heterocycles. The van der Waals surface area contributed by atoms with Crippen molar-refractivity contribution in [1.82, 2.24) is 20.2 Å². The molecule has 5 heteroatoms. The average molecular weight is 212 g/mol. The van der Waals surface area contributed by atoms with Crippen LogP contribution in [0.2, 0.25) is 0 Å². The summed E-state index contributed by atoms with van der Waals surface area (Å²) in [6, 6.07) is 0. The molecule has 0 aromatic carbocycles. The molecule has 0 aliphatic rings. The maximum atomic E-state index is 9.89. The maximum absolute atomic E-state index is 9.89. The highest BCUT2D eigenvalue weighted by Gasteiger charge is 2.16. The summed E-state index contributed by atoms with van der Waals surface area (Å²) in [6.07, 6.45) is 0.868. The minimum Gasteiger partial charge on any atom is -0.372 e. The number of nitrogens with zero attached hydrogens (tertiary/aromatic N) is 4. The summed E-state index contributed by atoms with van der Waals surface area (Å²) in [5, 5.41) is 21.3. The van der Waals surface area contributed by atoms with Gasteiger partial charge < -0.3 is 5.11 Å². The first kappa shape index (κ1) is 12.1. The molecule has 0 aliphatic carbocycles. The zero-order valence-corrected chi connectivity index (χ0v) is 9.88. The molecule has 1 unspecified atom stereocenters. The summed E-state index contributed by atoms with van der Waals surface area (Å²) in [7, 11) is 0. The lowest BCUT2D eigenvalue weighted by molar-refractivity contribution is 0.0633. The normalized spacial score (nSPS) is 13.8. The molecular formula is C10H20N4O. The van der Waals surface area contributed by atoms with Gasteiger partial charge in [-0.2, -0.15) is 0 Å². The number of aliphatic hydroxyl groups excluding tert-OH is 1. The van der Waals surface area contributed by atoms with E-state index in [1.807, 2.05) is 0 Å². The predicted octanol–water partition coefficient (Wildman–Crippen LogP) is 1.41. The number of rotatable bonds is 5. The van der Waals surface area contributed by atoms with Crippen molar-refractivity contribution in [1.29, 1.82) is 0 Å².